The highest BCUT2D eigenvalue weighted by Crippen LogP contribution is 2.17. The topological polar surface area (TPSA) is 80.3 Å². The minimum Gasteiger partial charge on any atom is -0.469 e. The number of hydrogen-bond acceptors (Lipinski definition) is 3. The third kappa shape index (κ3) is 4.65. The normalized spacial score (nSPS) is 13.6. The predicted octanol–water partition coefficient (Wildman–Crippen LogP) is 3.05. The van der Waals surface area contributed by atoms with Gasteiger partial charge in [0.1, 0.15) is 5.76 Å². The van der Waals surface area contributed by atoms with Crippen molar-refractivity contribution in [2.24, 2.45) is 5.73 Å². The number of anilines is 1. The average Bonchev–Trinajstić information content (AvgIpc) is 2.91. The fourth-order valence-electron chi connectivity index (χ4n) is 2.31. The van der Waals surface area contributed by atoms with E-state index in [1.807, 2.05) is 36.4 Å². The maximum atomic E-state index is 10.8. The molecule has 2 aromatic rings. The van der Waals surface area contributed by atoms with Crippen molar-refractivity contribution in [3.8, 4) is 0 Å². The van der Waals surface area contributed by atoms with Crippen LogP contribution in [0.5, 0.6) is 0 Å². The number of rotatable bonds is 6. The van der Waals surface area contributed by atoms with Crippen molar-refractivity contribution in [2.75, 3.05) is 5.32 Å². The zero-order valence-corrected chi connectivity index (χ0v) is 12.3. The summed E-state index contributed by atoms with van der Waals surface area (Å²) in [6, 6.07) is 11.5. The number of primary amides is 1. The van der Waals surface area contributed by atoms with Gasteiger partial charge in [-0.1, -0.05) is 12.1 Å². The molecule has 0 fully saturated rings. The first kappa shape index (κ1) is 15.1. The van der Waals surface area contributed by atoms with Crippen LogP contribution in [-0.4, -0.2) is 12.1 Å². The lowest BCUT2D eigenvalue weighted by molar-refractivity contribution is 0.259. The van der Waals surface area contributed by atoms with Gasteiger partial charge in [-0.2, -0.15) is 0 Å². The number of furan rings is 1. The van der Waals surface area contributed by atoms with Crippen LogP contribution in [0.2, 0.25) is 0 Å². The molecule has 0 aliphatic carbocycles. The van der Waals surface area contributed by atoms with Crippen molar-refractivity contribution < 1.29 is 9.21 Å². The van der Waals surface area contributed by atoms with E-state index in [0.717, 1.165) is 17.7 Å². The summed E-state index contributed by atoms with van der Waals surface area (Å²) in [6.07, 6.45) is 2.54. The van der Waals surface area contributed by atoms with Crippen LogP contribution in [-0.2, 0) is 6.42 Å². The standard InChI is InChI=1S/C16H21N3O2/c1-11(10-15-4-3-9-21-15)18-12(2)13-5-7-14(8-6-13)19-16(17)20/h3-9,11-12,18H,10H2,1-2H3,(H3,17,19,20). The van der Waals surface area contributed by atoms with Gasteiger partial charge in [-0.25, -0.2) is 4.79 Å². The Hall–Kier alpha value is -2.27. The smallest absolute Gasteiger partial charge is 0.316 e. The van der Waals surface area contributed by atoms with Crippen LogP contribution in [0.25, 0.3) is 0 Å². The Morgan fingerprint density at radius 1 is 1.24 bits per heavy atom. The Bertz CT molecular complexity index is 564. The summed E-state index contributed by atoms with van der Waals surface area (Å²) in [5, 5.41) is 6.07. The number of carbonyl (C=O) groups is 1. The molecular weight excluding hydrogens is 266 g/mol. The molecular formula is C16H21N3O2. The highest BCUT2D eigenvalue weighted by Gasteiger charge is 2.11. The largest absolute Gasteiger partial charge is 0.469 e. The first-order valence-electron chi connectivity index (χ1n) is 6.99. The number of urea groups is 1. The van der Waals surface area contributed by atoms with Gasteiger partial charge >= 0.3 is 6.03 Å². The quantitative estimate of drug-likeness (QED) is 0.764. The van der Waals surface area contributed by atoms with Gasteiger partial charge in [0.25, 0.3) is 0 Å². The first-order valence-corrected chi connectivity index (χ1v) is 6.99. The van der Waals surface area contributed by atoms with Crippen molar-refractivity contribution >= 4 is 11.7 Å². The van der Waals surface area contributed by atoms with Gasteiger partial charge in [0, 0.05) is 24.2 Å². The van der Waals surface area contributed by atoms with Gasteiger partial charge in [0.2, 0.25) is 0 Å². The van der Waals surface area contributed by atoms with Crippen LogP contribution in [0.4, 0.5) is 10.5 Å². The van der Waals surface area contributed by atoms with Crippen molar-refractivity contribution in [2.45, 2.75) is 32.4 Å². The Morgan fingerprint density at radius 2 is 1.95 bits per heavy atom. The number of nitrogens with one attached hydrogen (secondary N) is 2. The summed E-state index contributed by atoms with van der Waals surface area (Å²) in [5.41, 5.74) is 6.93. The molecule has 1 aromatic carbocycles. The van der Waals surface area contributed by atoms with E-state index in [1.165, 1.54) is 0 Å². The molecule has 4 N–H and O–H groups in total. The van der Waals surface area contributed by atoms with Crippen molar-refractivity contribution in [3.05, 3.63) is 54.0 Å². The number of amides is 2. The van der Waals surface area contributed by atoms with Gasteiger partial charge < -0.3 is 20.8 Å². The van der Waals surface area contributed by atoms with Gasteiger partial charge in [-0.15, -0.1) is 0 Å². The second kappa shape index (κ2) is 6.95. The van der Waals surface area contributed by atoms with E-state index in [9.17, 15) is 4.79 Å². The van der Waals surface area contributed by atoms with Gasteiger partial charge in [-0.3, -0.25) is 0 Å². The molecule has 21 heavy (non-hydrogen) atoms. The van der Waals surface area contributed by atoms with E-state index in [-0.39, 0.29) is 6.04 Å². The summed E-state index contributed by atoms with van der Waals surface area (Å²) in [4.78, 5) is 10.8. The second-order valence-corrected chi connectivity index (χ2v) is 5.18. The summed E-state index contributed by atoms with van der Waals surface area (Å²) < 4.78 is 5.35. The fourth-order valence-corrected chi connectivity index (χ4v) is 2.31. The van der Waals surface area contributed by atoms with Crippen LogP contribution in [0.15, 0.2) is 47.1 Å². The molecule has 2 unspecified atom stereocenters. The van der Waals surface area contributed by atoms with Crippen LogP contribution >= 0.6 is 0 Å². The Morgan fingerprint density at radius 3 is 2.52 bits per heavy atom. The van der Waals surface area contributed by atoms with E-state index in [2.05, 4.69) is 24.5 Å². The molecule has 0 radical (unpaired) electrons. The third-order valence-corrected chi connectivity index (χ3v) is 3.30. The van der Waals surface area contributed by atoms with E-state index in [4.69, 9.17) is 10.2 Å². The molecule has 0 aliphatic heterocycles. The van der Waals surface area contributed by atoms with Crippen LogP contribution in [0.3, 0.4) is 0 Å². The van der Waals surface area contributed by atoms with Gasteiger partial charge in [0.15, 0.2) is 0 Å². The van der Waals surface area contributed by atoms with Crippen LogP contribution < -0.4 is 16.4 Å². The summed E-state index contributed by atoms with van der Waals surface area (Å²) in [6.45, 7) is 4.23. The van der Waals surface area contributed by atoms with Crippen molar-refractivity contribution in [1.82, 2.24) is 5.32 Å². The Labute approximate surface area is 124 Å². The fraction of sp³-hybridized carbons (Fsp3) is 0.312. The lowest BCUT2D eigenvalue weighted by Crippen LogP contribution is -2.30. The van der Waals surface area contributed by atoms with E-state index >= 15 is 0 Å². The summed E-state index contributed by atoms with van der Waals surface area (Å²) >= 11 is 0. The molecule has 2 amide bonds. The van der Waals surface area contributed by atoms with E-state index in [0.29, 0.717) is 11.7 Å². The Kier molecular flexibility index (Phi) is 5.00. The molecule has 2 rings (SSSR count). The summed E-state index contributed by atoms with van der Waals surface area (Å²) in [5.74, 6) is 0.975. The van der Waals surface area contributed by atoms with Crippen LogP contribution in [0, 0.1) is 0 Å². The third-order valence-electron chi connectivity index (χ3n) is 3.30. The molecule has 1 heterocycles. The first-order chi connectivity index (χ1) is 10.0. The minimum atomic E-state index is -0.555. The van der Waals surface area contributed by atoms with Gasteiger partial charge in [0.05, 0.1) is 6.26 Å². The second-order valence-electron chi connectivity index (χ2n) is 5.18. The number of benzene rings is 1. The number of nitrogens with two attached hydrogens (primary N) is 1. The minimum absolute atomic E-state index is 0.206. The summed E-state index contributed by atoms with van der Waals surface area (Å²) in [7, 11) is 0. The maximum absolute atomic E-state index is 10.8. The van der Waals surface area contributed by atoms with Crippen LogP contribution in [0.1, 0.15) is 31.2 Å². The molecule has 5 heteroatoms. The van der Waals surface area contributed by atoms with Crippen molar-refractivity contribution in [1.29, 1.82) is 0 Å². The molecule has 1 aromatic heterocycles. The Balaban J connectivity index is 1.90. The molecule has 0 spiro atoms. The number of hydrogen-bond donors (Lipinski definition) is 3. The van der Waals surface area contributed by atoms with E-state index in [1.54, 1.807) is 6.26 Å². The molecule has 2 atom stereocenters. The lowest BCUT2D eigenvalue weighted by atomic mass is 10.1. The highest BCUT2D eigenvalue weighted by atomic mass is 16.3. The van der Waals surface area contributed by atoms with Gasteiger partial charge in [-0.05, 0) is 43.7 Å². The molecule has 0 bridgehead atoms. The van der Waals surface area contributed by atoms with Crippen molar-refractivity contribution in [3.63, 3.8) is 0 Å². The molecule has 112 valence electrons. The predicted molar refractivity (Wildman–Crippen MR) is 83.1 cm³/mol. The lowest BCUT2D eigenvalue weighted by Gasteiger charge is -2.20. The highest BCUT2D eigenvalue weighted by molar-refractivity contribution is 5.87. The zero-order chi connectivity index (χ0) is 15.2. The SMILES string of the molecule is CC(Cc1ccco1)NC(C)c1ccc(NC(N)=O)cc1. The molecule has 0 aliphatic rings. The number of carbonyl (C=O) groups excluding carboxylic acids is 1. The molecule has 5 nitrogen and oxygen atoms in total. The maximum Gasteiger partial charge on any atom is 0.316 e. The molecule has 0 saturated heterocycles. The average molecular weight is 287 g/mol. The van der Waals surface area contributed by atoms with E-state index < -0.39 is 6.03 Å². The molecule has 0 saturated carbocycles. The zero-order valence-electron chi connectivity index (χ0n) is 12.3. The monoisotopic (exact) mass is 287 g/mol.